The average Bonchev–Trinajstić information content (AvgIpc) is 3.30. The number of phenols is 2. The summed E-state index contributed by atoms with van der Waals surface area (Å²) in [4.78, 5) is 15.0. The van der Waals surface area contributed by atoms with Crippen LogP contribution in [0.2, 0.25) is 0 Å². The lowest BCUT2D eigenvalue weighted by molar-refractivity contribution is 0.0677. The van der Waals surface area contributed by atoms with Gasteiger partial charge in [-0.25, -0.2) is 0 Å². The van der Waals surface area contributed by atoms with Crippen molar-refractivity contribution in [2.45, 2.75) is 19.9 Å². The third kappa shape index (κ3) is 3.51. The summed E-state index contributed by atoms with van der Waals surface area (Å²) < 4.78 is 11.0. The van der Waals surface area contributed by atoms with Crippen LogP contribution < -0.4 is 4.74 Å². The SMILES string of the molecule is COCCN1C(=O)c2[nH]nc(-c3cc(C)cc(C)c3O)c2C1c1cc(Br)c(O)c(OC)c1. The van der Waals surface area contributed by atoms with Crippen molar-refractivity contribution in [2.24, 2.45) is 0 Å². The molecule has 0 fully saturated rings. The summed E-state index contributed by atoms with van der Waals surface area (Å²) in [5.74, 6) is 0.161. The summed E-state index contributed by atoms with van der Waals surface area (Å²) >= 11 is 3.38. The first-order chi connectivity index (χ1) is 15.3. The van der Waals surface area contributed by atoms with Gasteiger partial charge in [-0.15, -0.1) is 0 Å². The molecule has 168 valence electrons. The number of fused-ring (bicyclic) bond motifs is 1. The van der Waals surface area contributed by atoms with Crippen molar-refractivity contribution < 1.29 is 24.5 Å². The highest BCUT2D eigenvalue weighted by molar-refractivity contribution is 9.10. The maximum atomic E-state index is 13.3. The van der Waals surface area contributed by atoms with Crippen LogP contribution in [-0.2, 0) is 4.74 Å². The summed E-state index contributed by atoms with van der Waals surface area (Å²) in [6.45, 7) is 4.47. The van der Waals surface area contributed by atoms with E-state index < -0.39 is 6.04 Å². The molecule has 0 saturated carbocycles. The van der Waals surface area contributed by atoms with Crippen LogP contribution in [0.25, 0.3) is 11.3 Å². The first kappa shape index (κ1) is 22.2. The molecule has 3 N–H and O–H groups in total. The number of nitrogens with one attached hydrogen (secondary N) is 1. The molecular formula is C23H24BrN3O5. The number of aromatic amines is 1. The number of H-pyrrole nitrogens is 1. The van der Waals surface area contributed by atoms with E-state index in [1.165, 1.54) is 7.11 Å². The second-order valence-corrected chi connectivity index (χ2v) is 8.64. The molecule has 1 aromatic heterocycles. The monoisotopic (exact) mass is 501 g/mol. The quantitative estimate of drug-likeness (QED) is 0.469. The number of ether oxygens (including phenoxy) is 2. The van der Waals surface area contributed by atoms with Gasteiger partial charge >= 0.3 is 0 Å². The summed E-state index contributed by atoms with van der Waals surface area (Å²) in [5.41, 5.74) is 4.50. The smallest absolute Gasteiger partial charge is 0.273 e. The number of aryl methyl sites for hydroxylation is 2. The molecule has 2 heterocycles. The molecular weight excluding hydrogens is 478 g/mol. The number of hydrogen-bond acceptors (Lipinski definition) is 6. The molecule has 9 heteroatoms. The van der Waals surface area contributed by atoms with Gasteiger partial charge in [-0.1, -0.05) is 6.07 Å². The van der Waals surface area contributed by atoms with Crippen LogP contribution in [0.15, 0.2) is 28.7 Å². The molecule has 3 aromatic rings. The standard InChI is InChI=1S/C23H24BrN3O5/c1-11-7-12(2)21(28)14(8-11)18-17-19(26-25-18)23(30)27(5-6-31-3)20(17)13-9-15(24)22(29)16(10-13)32-4/h7-10,20,28-29H,5-6H2,1-4H3,(H,25,26). The number of carbonyl (C=O) groups is 1. The van der Waals surface area contributed by atoms with E-state index >= 15 is 0 Å². The highest BCUT2D eigenvalue weighted by Crippen LogP contribution is 2.47. The molecule has 0 aliphatic carbocycles. The molecule has 2 aromatic carbocycles. The molecule has 1 atom stereocenters. The van der Waals surface area contributed by atoms with Gasteiger partial charge in [-0.05, 0) is 64.7 Å². The number of aromatic nitrogens is 2. The number of benzene rings is 2. The Balaban J connectivity index is 1.96. The molecule has 1 unspecified atom stereocenters. The number of amides is 1. The molecule has 8 nitrogen and oxygen atoms in total. The van der Waals surface area contributed by atoms with Gasteiger partial charge in [-0.3, -0.25) is 9.89 Å². The number of carbonyl (C=O) groups excluding carboxylic acids is 1. The van der Waals surface area contributed by atoms with Crippen LogP contribution in [0, 0.1) is 13.8 Å². The number of hydrogen-bond donors (Lipinski definition) is 3. The van der Waals surface area contributed by atoms with E-state index in [4.69, 9.17) is 9.47 Å². The summed E-state index contributed by atoms with van der Waals surface area (Å²) in [7, 11) is 3.05. The Morgan fingerprint density at radius 2 is 1.91 bits per heavy atom. The second kappa shape index (κ2) is 8.48. The van der Waals surface area contributed by atoms with E-state index in [0.29, 0.717) is 40.1 Å². The molecule has 0 spiro atoms. The fraction of sp³-hybridized carbons (Fsp3) is 0.304. The first-order valence-corrected chi connectivity index (χ1v) is 10.8. The predicted octanol–water partition coefficient (Wildman–Crippen LogP) is 4.07. The molecule has 1 aliphatic rings. The Kier molecular flexibility index (Phi) is 5.87. The van der Waals surface area contributed by atoms with Gasteiger partial charge < -0.3 is 24.6 Å². The lowest BCUT2D eigenvalue weighted by Gasteiger charge is -2.27. The van der Waals surface area contributed by atoms with Gasteiger partial charge in [0, 0.05) is 24.8 Å². The summed E-state index contributed by atoms with van der Waals surface area (Å²) in [6, 6.07) is 6.67. The minimum Gasteiger partial charge on any atom is -0.507 e. The zero-order valence-corrected chi connectivity index (χ0v) is 19.8. The minimum atomic E-state index is -0.521. The van der Waals surface area contributed by atoms with E-state index in [9.17, 15) is 15.0 Å². The molecule has 0 bridgehead atoms. The van der Waals surface area contributed by atoms with Gasteiger partial charge in [0.05, 0.1) is 24.2 Å². The molecule has 32 heavy (non-hydrogen) atoms. The largest absolute Gasteiger partial charge is 0.507 e. The number of nitrogens with zero attached hydrogens (tertiary/aromatic N) is 2. The van der Waals surface area contributed by atoms with Crippen LogP contribution in [0.4, 0.5) is 0 Å². The third-order valence-electron chi connectivity index (χ3n) is 5.69. The van der Waals surface area contributed by atoms with E-state index in [-0.39, 0.29) is 23.2 Å². The highest BCUT2D eigenvalue weighted by atomic mass is 79.9. The summed E-state index contributed by atoms with van der Waals surface area (Å²) in [5, 5.41) is 28.4. The second-order valence-electron chi connectivity index (χ2n) is 7.79. The Bertz CT molecular complexity index is 1210. The van der Waals surface area contributed by atoms with Crippen LogP contribution >= 0.6 is 15.9 Å². The van der Waals surface area contributed by atoms with Crippen molar-refractivity contribution in [1.29, 1.82) is 0 Å². The van der Waals surface area contributed by atoms with E-state index in [1.807, 2.05) is 26.0 Å². The predicted molar refractivity (Wildman–Crippen MR) is 122 cm³/mol. The normalized spacial score (nSPS) is 15.3. The maximum absolute atomic E-state index is 13.3. The van der Waals surface area contributed by atoms with E-state index in [1.54, 1.807) is 24.1 Å². The lowest BCUT2D eigenvalue weighted by Crippen LogP contribution is -2.32. The van der Waals surface area contributed by atoms with E-state index in [0.717, 1.165) is 16.7 Å². The number of rotatable bonds is 6. The Morgan fingerprint density at radius 1 is 1.16 bits per heavy atom. The number of aromatic hydroxyl groups is 2. The zero-order valence-electron chi connectivity index (χ0n) is 18.2. The van der Waals surface area contributed by atoms with Crippen molar-refractivity contribution in [3.05, 3.63) is 56.7 Å². The molecule has 0 saturated heterocycles. The van der Waals surface area contributed by atoms with Gasteiger partial charge in [0.2, 0.25) is 0 Å². The highest BCUT2D eigenvalue weighted by Gasteiger charge is 2.43. The molecule has 4 rings (SSSR count). The van der Waals surface area contributed by atoms with Crippen LogP contribution in [0.1, 0.15) is 38.8 Å². The van der Waals surface area contributed by atoms with Gasteiger partial charge in [0.15, 0.2) is 11.5 Å². The van der Waals surface area contributed by atoms with Crippen molar-refractivity contribution in [3.63, 3.8) is 0 Å². The first-order valence-electron chi connectivity index (χ1n) is 10.0. The van der Waals surface area contributed by atoms with Crippen molar-refractivity contribution in [2.75, 3.05) is 27.4 Å². The maximum Gasteiger partial charge on any atom is 0.273 e. The van der Waals surface area contributed by atoms with Crippen molar-refractivity contribution in [3.8, 4) is 28.5 Å². The van der Waals surface area contributed by atoms with Gasteiger partial charge in [0.25, 0.3) is 5.91 Å². The Labute approximate surface area is 193 Å². The van der Waals surface area contributed by atoms with Crippen LogP contribution in [0.5, 0.6) is 17.2 Å². The lowest BCUT2D eigenvalue weighted by atomic mass is 9.94. The topological polar surface area (TPSA) is 108 Å². The molecule has 0 radical (unpaired) electrons. The fourth-order valence-corrected chi connectivity index (χ4v) is 4.68. The number of phenolic OH excluding ortho intramolecular Hbond substituents is 2. The van der Waals surface area contributed by atoms with Gasteiger partial charge in [0.1, 0.15) is 17.1 Å². The summed E-state index contributed by atoms with van der Waals surface area (Å²) in [6.07, 6.45) is 0. The van der Waals surface area contributed by atoms with Crippen molar-refractivity contribution >= 4 is 21.8 Å². The van der Waals surface area contributed by atoms with Gasteiger partial charge in [-0.2, -0.15) is 5.10 Å². The van der Waals surface area contributed by atoms with Crippen molar-refractivity contribution in [1.82, 2.24) is 15.1 Å². The fourth-order valence-electron chi connectivity index (χ4n) is 4.22. The Hall–Kier alpha value is -3.04. The number of methoxy groups -OCH3 is 2. The van der Waals surface area contributed by atoms with E-state index in [2.05, 4.69) is 26.1 Å². The number of halogens is 1. The zero-order chi connectivity index (χ0) is 23.2. The minimum absolute atomic E-state index is 0.0244. The Morgan fingerprint density at radius 3 is 2.59 bits per heavy atom. The van der Waals surface area contributed by atoms with Crippen LogP contribution in [0.3, 0.4) is 0 Å². The third-order valence-corrected chi connectivity index (χ3v) is 6.29. The van der Waals surface area contributed by atoms with Crippen LogP contribution in [-0.4, -0.2) is 58.6 Å². The average molecular weight is 502 g/mol. The molecule has 1 aliphatic heterocycles. The molecule has 1 amide bonds.